The Morgan fingerprint density at radius 2 is 2.05 bits per heavy atom. The molecule has 2 rings (SSSR count). The van der Waals surface area contributed by atoms with Gasteiger partial charge >= 0.3 is 0 Å². The van der Waals surface area contributed by atoms with E-state index in [0.717, 1.165) is 18.5 Å². The van der Waals surface area contributed by atoms with Crippen LogP contribution in [0.5, 0.6) is 0 Å². The minimum Gasteiger partial charge on any atom is -0.356 e. The monoisotopic (exact) mass is 321 g/mol. The molecule has 1 N–H and O–H groups in total. The van der Waals surface area contributed by atoms with Crippen molar-refractivity contribution in [2.24, 2.45) is 0 Å². The fraction of sp³-hybridized carbons (Fsp3) is 0.375. The molecule has 0 unspecified atom stereocenters. The van der Waals surface area contributed by atoms with E-state index in [0.29, 0.717) is 23.0 Å². The van der Waals surface area contributed by atoms with Gasteiger partial charge in [0.1, 0.15) is 0 Å². The number of hydrogen-bond acceptors (Lipinski definition) is 4. The average molecular weight is 322 g/mol. The van der Waals surface area contributed by atoms with E-state index in [2.05, 4.69) is 15.4 Å². The third-order valence-corrected chi connectivity index (χ3v) is 3.39. The molecule has 0 radical (unpaired) electrons. The van der Waals surface area contributed by atoms with Gasteiger partial charge in [-0.05, 0) is 51.3 Å². The van der Waals surface area contributed by atoms with Crippen LogP contribution in [0.4, 0.5) is 0 Å². The first-order chi connectivity index (χ1) is 10.5. The van der Waals surface area contributed by atoms with Crippen LogP contribution in [-0.4, -0.2) is 43.1 Å². The number of amides is 1. The molecule has 0 spiro atoms. The van der Waals surface area contributed by atoms with Crippen LogP contribution in [0.1, 0.15) is 12.1 Å². The number of nitrogens with zero attached hydrogens (tertiary/aromatic N) is 2. The highest BCUT2D eigenvalue weighted by Gasteiger charge is 2.10. The van der Waals surface area contributed by atoms with E-state index in [1.165, 1.54) is 0 Å². The van der Waals surface area contributed by atoms with Crippen LogP contribution >= 0.6 is 11.6 Å². The molecule has 1 amide bonds. The molecule has 2 aromatic rings. The zero-order chi connectivity index (χ0) is 15.9. The fourth-order valence-electron chi connectivity index (χ4n) is 2.00. The molecule has 118 valence electrons. The Kier molecular flexibility index (Phi) is 5.98. The average Bonchev–Trinajstić information content (AvgIpc) is 2.92. The van der Waals surface area contributed by atoms with Crippen molar-refractivity contribution in [3.63, 3.8) is 0 Å². The summed E-state index contributed by atoms with van der Waals surface area (Å²) in [5.74, 6) is 0.585. The molecule has 0 aliphatic heterocycles. The van der Waals surface area contributed by atoms with E-state index in [-0.39, 0.29) is 12.3 Å². The molecule has 5 nitrogen and oxygen atoms in total. The Bertz CT molecular complexity index is 608. The summed E-state index contributed by atoms with van der Waals surface area (Å²) in [6, 6.07) is 9.07. The summed E-state index contributed by atoms with van der Waals surface area (Å²) in [7, 11) is 4.02. The van der Waals surface area contributed by atoms with Crippen LogP contribution in [0, 0.1) is 0 Å². The predicted octanol–water partition coefficient (Wildman–Crippen LogP) is 2.61. The van der Waals surface area contributed by atoms with Crippen LogP contribution in [-0.2, 0) is 11.2 Å². The molecular weight excluding hydrogens is 302 g/mol. The molecule has 0 atom stereocenters. The fourth-order valence-corrected chi connectivity index (χ4v) is 2.12. The lowest BCUT2D eigenvalue weighted by Gasteiger charge is -2.09. The molecule has 1 heterocycles. The normalized spacial score (nSPS) is 10.9. The number of aromatic nitrogens is 1. The number of carbonyl (C=O) groups excluding carboxylic acids is 1. The Balaban J connectivity index is 1.84. The minimum absolute atomic E-state index is 0.0466. The maximum absolute atomic E-state index is 11.8. The van der Waals surface area contributed by atoms with Gasteiger partial charge in [-0.1, -0.05) is 16.8 Å². The number of benzene rings is 1. The molecule has 0 aliphatic carbocycles. The molecule has 1 aromatic heterocycles. The first-order valence-electron chi connectivity index (χ1n) is 7.17. The number of nitrogens with one attached hydrogen (secondary N) is 1. The SMILES string of the molecule is CN(C)CCCNC(=O)Cc1cc(-c2ccc(Cl)cc2)on1. The van der Waals surface area contributed by atoms with E-state index < -0.39 is 0 Å². The van der Waals surface area contributed by atoms with E-state index in [9.17, 15) is 4.79 Å². The van der Waals surface area contributed by atoms with Gasteiger partial charge in [-0.2, -0.15) is 0 Å². The highest BCUT2D eigenvalue weighted by atomic mass is 35.5. The summed E-state index contributed by atoms with van der Waals surface area (Å²) in [5.41, 5.74) is 1.50. The molecular formula is C16H20ClN3O2. The Morgan fingerprint density at radius 3 is 2.73 bits per heavy atom. The molecule has 0 saturated carbocycles. The van der Waals surface area contributed by atoms with Crippen LogP contribution in [0.2, 0.25) is 5.02 Å². The van der Waals surface area contributed by atoms with Gasteiger partial charge in [-0.15, -0.1) is 0 Å². The van der Waals surface area contributed by atoms with Gasteiger partial charge < -0.3 is 14.7 Å². The van der Waals surface area contributed by atoms with Gasteiger partial charge in [0, 0.05) is 23.2 Å². The van der Waals surface area contributed by atoms with Crippen molar-refractivity contribution in [3.05, 3.63) is 41.0 Å². The molecule has 22 heavy (non-hydrogen) atoms. The third-order valence-electron chi connectivity index (χ3n) is 3.13. The molecule has 0 fully saturated rings. The predicted molar refractivity (Wildman–Crippen MR) is 86.8 cm³/mol. The minimum atomic E-state index is -0.0466. The molecule has 6 heteroatoms. The number of halogens is 1. The second-order valence-electron chi connectivity index (χ2n) is 5.37. The van der Waals surface area contributed by atoms with E-state index >= 15 is 0 Å². The Labute approximate surface area is 135 Å². The van der Waals surface area contributed by atoms with Crippen LogP contribution in [0.15, 0.2) is 34.9 Å². The number of hydrogen-bond donors (Lipinski definition) is 1. The second-order valence-corrected chi connectivity index (χ2v) is 5.81. The van der Waals surface area contributed by atoms with Crippen molar-refractivity contribution in [2.75, 3.05) is 27.2 Å². The Hall–Kier alpha value is -1.85. The third kappa shape index (κ3) is 5.16. The Morgan fingerprint density at radius 1 is 1.32 bits per heavy atom. The summed E-state index contributed by atoms with van der Waals surface area (Å²) in [6.45, 7) is 1.61. The van der Waals surface area contributed by atoms with Gasteiger partial charge in [0.15, 0.2) is 5.76 Å². The van der Waals surface area contributed by atoms with E-state index in [4.69, 9.17) is 16.1 Å². The van der Waals surface area contributed by atoms with Crippen LogP contribution in [0.25, 0.3) is 11.3 Å². The first-order valence-corrected chi connectivity index (χ1v) is 7.55. The van der Waals surface area contributed by atoms with Crippen molar-refractivity contribution in [2.45, 2.75) is 12.8 Å². The lowest BCUT2D eigenvalue weighted by molar-refractivity contribution is -0.120. The van der Waals surface area contributed by atoms with E-state index in [1.807, 2.05) is 26.2 Å². The topological polar surface area (TPSA) is 58.4 Å². The highest BCUT2D eigenvalue weighted by molar-refractivity contribution is 6.30. The summed E-state index contributed by atoms with van der Waals surface area (Å²) in [4.78, 5) is 13.9. The smallest absolute Gasteiger partial charge is 0.226 e. The zero-order valence-corrected chi connectivity index (χ0v) is 13.6. The first kappa shape index (κ1) is 16.5. The maximum Gasteiger partial charge on any atom is 0.226 e. The summed E-state index contributed by atoms with van der Waals surface area (Å²) < 4.78 is 5.27. The van der Waals surface area contributed by atoms with E-state index in [1.54, 1.807) is 18.2 Å². The van der Waals surface area contributed by atoms with Crippen LogP contribution < -0.4 is 5.32 Å². The van der Waals surface area contributed by atoms with Crippen molar-refractivity contribution >= 4 is 17.5 Å². The van der Waals surface area contributed by atoms with Gasteiger partial charge in [0.05, 0.1) is 12.1 Å². The highest BCUT2D eigenvalue weighted by Crippen LogP contribution is 2.22. The van der Waals surface area contributed by atoms with Gasteiger partial charge in [0.25, 0.3) is 0 Å². The summed E-state index contributed by atoms with van der Waals surface area (Å²) in [5, 5.41) is 7.48. The summed E-state index contributed by atoms with van der Waals surface area (Å²) in [6.07, 6.45) is 1.15. The number of carbonyl (C=O) groups is 1. The number of rotatable bonds is 7. The largest absolute Gasteiger partial charge is 0.356 e. The molecule has 0 bridgehead atoms. The lowest BCUT2D eigenvalue weighted by atomic mass is 10.1. The standard InChI is InChI=1S/C16H20ClN3O2/c1-20(2)9-3-8-18-16(21)11-14-10-15(22-19-14)12-4-6-13(17)7-5-12/h4-7,10H,3,8-9,11H2,1-2H3,(H,18,21). The molecule has 0 saturated heterocycles. The van der Waals surface area contributed by atoms with Gasteiger partial charge in [0.2, 0.25) is 5.91 Å². The maximum atomic E-state index is 11.8. The zero-order valence-electron chi connectivity index (χ0n) is 12.8. The van der Waals surface area contributed by atoms with Crippen molar-refractivity contribution in [1.29, 1.82) is 0 Å². The van der Waals surface area contributed by atoms with Crippen LogP contribution in [0.3, 0.4) is 0 Å². The van der Waals surface area contributed by atoms with Crippen molar-refractivity contribution in [3.8, 4) is 11.3 Å². The molecule has 0 aliphatic rings. The quantitative estimate of drug-likeness (QED) is 0.796. The van der Waals surface area contributed by atoms with Gasteiger partial charge in [-0.25, -0.2) is 0 Å². The van der Waals surface area contributed by atoms with Crippen molar-refractivity contribution < 1.29 is 9.32 Å². The lowest BCUT2D eigenvalue weighted by Crippen LogP contribution is -2.28. The summed E-state index contributed by atoms with van der Waals surface area (Å²) >= 11 is 5.85. The molecule has 1 aromatic carbocycles. The second kappa shape index (κ2) is 7.96. The van der Waals surface area contributed by atoms with Crippen molar-refractivity contribution in [1.82, 2.24) is 15.4 Å². The van der Waals surface area contributed by atoms with Gasteiger partial charge in [-0.3, -0.25) is 4.79 Å².